The number of hydrogen-bond donors (Lipinski definition) is 0. The number of aldehydes is 1. The van der Waals surface area contributed by atoms with E-state index < -0.39 is 0 Å². The van der Waals surface area contributed by atoms with E-state index in [1.807, 2.05) is 37.0 Å². The van der Waals surface area contributed by atoms with Crippen molar-refractivity contribution in [1.29, 1.82) is 0 Å². The average molecular weight is 308 g/mol. The summed E-state index contributed by atoms with van der Waals surface area (Å²) in [5.74, 6) is 0.994. The van der Waals surface area contributed by atoms with Crippen LogP contribution in [0.3, 0.4) is 0 Å². The Morgan fingerprint density at radius 1 is 1.50 bits per heavy atom. The highest BCUT2D eigenvalue weighted by Crippen LogP contribution is 2.23. The largest absolute Gasteiger partial charge is 0.367 e. The Labute approximate surface area is 114 Å². The Bertz CT molecular complexity index is 565. The van der Waals surface area contributed by atoms with E-state index in [0.29, 0.717) is 5.56 Å². The third-order valence-electron chi connectivity index (χ3n) is 2.85. The number of aryl methyl sites for hydroxylation is 1. The van der Waals surface area contributed by atoms with Crippen molar-refractivity contribution in [3.05, 3.63) is 46.5 Å². The molecule has 0 aliphatic rings. The van der Waals surface area contributed by atoms with Gasteiger partial charge in [-0.3, -0.25) is 4.79 Å². The lowest BCUT2D eigenvalue weighted by Gasteiger charge is -2.19. The molecule has 0 saturated carbocycles. The van der Waals surface area contributed by atoms with Crippen LogP contribution in [0.1, 0.15) is 16.2 Å². The van der Waals surface area contributed by atoms with Gasteiger partial charge in [0, 0.05) is 42.2 Å². The van der Waals surface area contributed by atoms with Gasteiger partial charge in [-0.05, 0) is 34.1 Å². The van der Waals surface area contributed by atoms with Gasteiger partial charge in [-0.2, -0.15) is 0 Å². The molecule has 0 spiro atoms. The van der Waals surface area contributed by atoms with E-state index in [4.69, 9.17) is 0 Å². The van der Waals surface area contributed by atoms with Crippen LogP contribution in [0.2, 0.25) is 0 Å². The molecule has 2 aromatic rings. The standard InChI is InChI=1S/C13H14BrN3O/c1-16-6-5-15-13(16)8-17(2)11-4-3-10(9-18)12(14)7-11/h3-7,9H,8H2,1-2H3. The second-order valence-corrected chi connectivity index (χ2v) is 4.99. The summed E-state index contributed by atoms with van der Waals surface area (Å²) in [6.07, 6.45) is 4.55. The molecule has 18 heavy (non-hydrogen) atoms. The fourth-order valence-corrected chi connectivity index (χ4v) is 2.16. The molecule has 0 aliphatic heterocycles. The first kappa shape index (κ1) is 12.8. The van der Waals surface area contributed by atoms with Crippen LogP contribution >= 0.6 is 15.9 Å². The van der Waals surface area contributed by atoms with Gasteiger partial charge in [0.1, 0.15) is 5.82 Å². The summed E-state index contributed by atoms with van der Waals surface area (Å²) >= 11 is 3.39. The summed E-state index contributed by atoms with van der Waals surface area (Å²) in [7, 11) is 3.97. The van der Waals surface area contributed by atoms with E-state index in [1.54, 1.807) is 12.3 Å². The fraction of sp³-hybridized carbons (Fsp3) is 0.231. The van der Waals surface area contributed by atoms with Gasteiger partial charge in [-0.25, -0.2) is 4.98 Å². The zero-order valence-electron chi connectivity index (χ0n) is 10.3. The van der Waals surface area contributed by atoms with E-state index in [9.17, 15) is 4.79 Å². The molecule has 0 saturated heterocycles. The molecule has 0 amide bonds. The zero-order chi connectivity index (χ0) is 13.1. The van der Waals surface area contributed by atoms with Gasteiger partial charge in [0.2, 0.25) is 0 Å². The SMILES string of the molecule is CN(Cc1nccn1C)c1ccc(C=O)c(Br)c1. The zero-order valence-corrected chi connectivity index (χ0v) is 11.9. The third-order valence-corrected chi connectivity index (χ3v) is 3.54. The quantitative estimate of drug-likeness (QED) is 0.815. The second kappa shape index (κ2) is 5.35. The smallest absolute Gasteiger partial charge is 0.151 e. The molecule has 1 aromatic heterocycles. The maximum Gasteiger partial charge on any atom is 0.151 e. The van der Waals surface area contributed by atoms with Crippen LogP contribution in [-0.2, 0) is 13.6 Å². The Kier molecular flexibility index (Phi) is 3.81. The van der Waals surface area contributed by atoms with Gasteiger partial charge in [-0.1, -0.05) is 0 Å². The Morgan fingerprint density at radius 3 is 2.83 bits per heavy atom. The molecule has 0 aliphatic carbocycles. The lowest BCUT2D eigenvalue weighted by Crippen LogP contribution is -2.19. The van der Waals surface area contributed by atoms with Crippen LogP contribution in [0.5, 0.6) is 0 Å². The number of aromatic nitrogens is 2. The Hall–Kier alpha value is -1.62. The first-order valence-corrected chi connectivity index (χ1v) is 6.33. The van der Waals surface area contributed by atoms with Crippen molar-refractivity contribution in [2.45, 2.75) is 6.54 Å². The van der Waals surface area contributed by atoms with Crippen LogP contribution < -0.4 is 4.90 Å². The van der Waals surface area contributed by atoms with Crippen molar-refractivity contribution in [2.75, 3.05) is 11.9 Å². The van der Waals surface area contributed by atoms with Gasteiger partial charge in [0.05, 0.1) is 6.54 Å². The Morgan fingerprint density at radius 2 is 2.28 bits per heavy atom. The normalized spacial score (nSPS) is 10.4. The minimum absolute atomic E-state index is 0.657. The second-order valence-electron chi connectivity index (χ2n) is 4.13. The number of carbonyl (C=O) groups is 1. The van der Waals surface area contributed by atoms with Crippen LogP contribution in [0.4, 0.5) is 5.69 Å². The molecule has 94 valence electrons. The number of carbonyl (C=O) groups excluding carboxylic acids is 1. The summed E-state index contributed by atoms with van der Waals surface area (Å²) < 4.78 is 2.80. The summed E-state index contributed by atoms with van der Waals surface area (Å²) in [5.41, 5.74) is 1.69. The highest BCUT2D eigenvalue weighted by atomic mass is 79.9. The van der Waals surface area contributed by atoms with Crippen LogP contribution in [0.15, 0.2) is 35.1 Å². The Balaban J connectivity index is 2.19. The summed E-state index contributed by atoms with van der Waals surface area (Å²) in [4.78, 5) is 17.1. The molecular weight excluding hydrogens is 294 g/mol. The van der Waals surface area contributed by atoms with Crippen molar-refractivity contribution in [3.8, 4) is 0 Å². The van der Waals surface area contributed by atoms with Crippen LogP contribution in [0, 0.1) is 0 Å². The number of rotatable bonds is 4. The summed E-state index contributed by atoms with van der Waals surface area (Å²) in [6.45, 7) is 0.719. The third kappa shape index (κ3) is 2.61. The van der Waals surface area contributed by atoms with E-state index in [-0.39, 0.29) is 0 Å². The molecule has 2 rings (SSSR count). The highest BCUT2D eigenvalue weighted by Gasteiger charge is 2.07. The molecule has 0 fully saturated rings. The van der Waals surface area contributed by atoms with Gasteiger partial charge >= 0.3 is 0 Å². The van der Waals surface area contributed by atoms with Gasteiger partial charge in [0.15, 0.2) is 6.29 Å². The van der Waals surface area contributed by atoms with Crippen molar-refractivity contribution < 1.29 is 4.79 Å². The minimum Gasteiger partial charge on any atom is -0.367 e. The molecule has 0 N–H and O–H groups in total. The predicted octanol–water partition coefficient (Wildman–Crippen LogP) is 2.63. The van der Waals surface area contributed by atoms with E-state index >= 15 is 0 Å². The summed E-state index contributed by atoms with van der Waals surface area (Å²) in [6, 6.07) is 5.67. The maximum atomic E-state index is 10.8. The van der Waals surface area contributed by atoms with Crippen molar-refractivity contribution in [2.24, 2.45) is 7.05 Å². The molecular formula is C13H14BrN3O. The predicted molar refractivity (Wildman–Crippen MR) is 74.8 cm³/mol. The molecule has 1 aromatic carbocycles. The van der Waals surface area contributed by atoms with Crippen LogP contribution in [0.25, 0.3) is 0 Å². The first-order chi connectivity index (χ1) is 8.61. The van der Waals surface area contributed by atoms with Gasteiger partial charge in [-0.15, -0.1) is 0 Å². The molecule has 0 bridgehead atoms. The maximum absolute atomic E-state index is 10.8. The van der Waals surface area contributed by atoms with E-state index in [2.05, 4.69) is 25.8 Å². The van der Waals surface area contributed by atoms with Gasteiger partial charge in [0.25, 0.3) is 0 Å². The van der Waals surface area contributed by atoms with E-state index in [1.165, 1.54) is 0 Å². The lowest BCUT2D eigenvalue weighted by molar-refractivity contribution is 0.112. The van der Waals surface area contributed by atoms with Crippen molar-refractivity contribution in [1.82, 2.24) is 9.55 Å². The fourth-order valence-electron chi connectivity index (χ4n) is 1.70. The summed E-state index contributed by atoms with van der Waals surface area (Å²) in [5, 5.41) is 0. The minimum atomic E-state index is 0.657. The number of benzene rings is 1. The molecule has 4 nitrogen and oxygen atoms in total. The van der Waals surface area contributed by atoms with E-state index in [0.717, 1.165) is 28.8 Å². The molecule has 1 heterocycles. The first-order valence-electron chi connectivity index (χ1n) is 5.54. The van der Waals surface area contributed by atoms with Crippen molar-refractivity contribution in [3.63, 3.8) is 0 Å². The molecule has 0 radical (unpaired) electrons. The van der Waals surface area contributed by atoms with Crippen LogP contribution in [-0.4, -0.2) is 22.9 Å². The lowest BCUT2D eigenvalue weighted by atomic mass is 10.2. The number of hydrogen-bond acceptors (Lipinski definition) is 3. The molecule has 0 unspecified atom stereocenters. The van der Waals surface area contributed by atoms with Gasteiger partial charge < -0.3 is 9.47 Å². The number of halogens is 1. The number of nitrogens with zero attached hydrogens (tertiary/aromatic N) is 3. The number of imidazole rings is 1. The molecule has 5 heteroatoms. The topological polar surface area (TPSA) is 38.1 Å². The number of anilines is 1. The monoisotopic (exact) mass is 307 g/mol. The average Bonchev–Trinajstić information content (AvgIpc) is 2.75. The van der Waals surface area contributed by atoms with Crippen molar-refractivity contribution >= 4 is 27.9 Å². The molecule has 0 atom stereocenters. The highest BCUT2D eigenvalue weighted by molar-refractivity contribution is 9.10.